The van der Waals surface area contributed by atoms with Crippen LogP contribution in [0.1, 0.15) is 25.8 Å². The Balaban J connectivity index is 1.99. The lowest BCUT2D eigenvalue weighted by Crippen LogP contribution is -2.10. The number of benzene rings is 2. The normalized spacial score (nSPS) is 10.6. The first kappa shape index (κ1) is 19.5. The van der Waals surface area contributed by atoms with Crippen molar-refractivity contribution in [3.05, 3.63) is 59.1 Å². The van der Waals surface area contributed by atoms with Gasteiger partial charge in [-0.3, -0.25) is 9.59 Å². The Bertz CT molecular complexity index is 801. The van der Waals surface area contributed by atoms with Crippen molar-refractivity contribution in [3.63, 3.8) is 0 Å². The highest BCUT2D eigenvalue weighted by atomic mass is 35.5. The Morgan fingerprint density at radius 2 is 1.85 bits per heavy atom. The second kappa shape index (κ2) is 9.63. The van der Waals surface area contributed by atoms with Crippen LogP contribution in [0.4, 0.5) is 11.4 Å². The smallest absolute Gasteiger partial charge is 0.248 e. The zero-order valence-corrected chi connectivity index (χ0v) is 15.5. The summed E-state index contributed by atoms with van der Waals surface area (Å²) in [6.45, 7) is 4.14. The number of nitrogens with one attached hydrogen (secondary N) is 2. The van der Waals surface area contributed by atoms with E-state index in [0.717, 1.165) is 17.7 Å². The Hall–Kier alpha value is -2.79. The number of ether oxygens (including phenoxy) is 1. The molecule has 2 rings (SSSR count). The molecule has 0 aromatic heterocycles. The summed E-state index contributed by atoms with van der Waals surface area (Å²) >= 11 is 6.09. The van der Waals surface area contributed by atoms with Crippen LogP contribution < -0.4 is 15.4 Å². The van der Waals surface area contributed by atoms with Gasteiger partial charge in [0.1, 0.15) is 5.75 Å². The highest BCUT2D eigenvalue weighted by Crippen LogP contribution is 2.25. The summed E-state index contributed by atoms with van der Waals surface area (Å²) in [5, 5.41) is 5.73. The van der Waals surface area contributed by atoms with E-state index in [2.05, 4.69) is 10.6 Å². The van der Waals surface area contributed by atoms with Gasteiger partial charge in [-0.25, -0.2) is 0 Å². The third-order valence-corrected chi connectivity index (χ3v) is 3.65. The second-order valence-electron chi connectivity index (χ2n) is 5.62. The van der Waals surface area contributed by atoms with E-state index in [-0.39, 0.29) is 11.8 Å². The molecule has 2 aromatic carbocycles. The molecule has 0 unspecified atom stereocenters. The summed E-state index contributed by atoms with van der Waals surface area (Å²) in [5.74, 6) is 0.282. The standard InChI is InChI=1S/C20H21ClN2O3/c1-3-12-26-17-8-4-15(5-9-17)6-11-20(25)23-19-13-16(22-14(2)24)7-10-18(19)21/h4-11,13H,3,12H2,1-2H3,(H,22,24)(H,23,25)/b11-6+. The van der Waals surface area contributed by atoms with Crippen molar-refractivity contribution >= 4 is 40.9 Å². The van der Waals surface area contributed by atoms with E-state index in [4.69, 9.17) is 16.3 Å². The zero-order valence-electron chi connectivity index (χ0n) is 14.7. The van der Waals surface area contributed by atoms with Crippen molar-refractivity contribution in [1.29, 1.82) is 0 Å². The van der Waals surface area contributed by atoms with Gasteiger partial charge in [-0.1, -0.05) is 30.7 Å². The molecule has 2 N–H and O–H groups in total. The van der Waals surface area contributed by atoms with Crippen LogP contribution in [-0.2, 0) is 9.59 Å². The summed E-state index contributed by atoms with van der Waals surface area (Å²) in [7, 11) is 0. The molecular weight excluding hydrogens is 352 g/mol. The van der Waals surface area contributed by atoms with Crippen LogP contribution in [0.25, 0.3) is 6.08 Å². The van der Waals surface area contributed by atoms with Gasteiger partial charge in [-0.15, -0.1) is 0 Å². The quantitative estimate of drug-likeness (QED) is 0.690. The number of amides is 2. The minimum atomic E-state index is -0.321. The highest BCUT2D eigenvalue weighted by molar-refractivity contribution is 6.34. The monoisotopic (exact) mass is 372 g/mol. The third kappa shape index (κ3) is 6.26. The van der Waals surface area contributed by atoms with E-state index in [1.54, 1.807) is 24.3 Å². The van der Waals surface area contributed by atoms with Crippen LogP contribution >= 0.6 is 11.6 Å². The van der Waals surface area contributed by atoms with Crippen molar-refractivity contribution in [2.24, 2.45) is 0 Å². The topological polar surface area (TPSA) is 67.4 Å². The lowest BCUT2D eigenvalue weighted by molar-refractivity contribution is -0.114. The summed E-state index contributed by atoms with van der Waals surface area (Å²) < 4.78 is 5.52. The van der Waals surface area contributed by atoms with E-state index in [9.17, 15) is 9.59 Å². The van der Waals surface area contributed by atoms with Gasteiger partial charge in [-0.05, 0) is 48.4 Å². The Kier molecular flexibility index (Phi) is 7.24. The summed E-state index contributed by atoms with van der Waals surface area (Å²) in [5.41, 5.74) is 1.86. The molecule has 26 heavy (non-hydrogen) atoms. The van der Waals surface area contributed by atoms with E-state index >= 15 is 0 Å². The molecule has 2 amide bonds. The number of anilines is 2. The van der Waals surface area contributed by atoms with Gasteiger partial charge < -0.3 is 15.4 Å². The van der Waals surface area contributed by atoms with E-state index in [0.29, 0.717) is 23.0 Å². The van der Waals surface area contributed by atoms with Crippen LogP contribution in [-0.4, -0.2) is 18.4 Å². The van der Waals surface area contributed by atoms with Crippen LogP contribution in [0.15, 0.2) is 48.5 Å². The number of carbonyl (C=O) groups excluding carboxylic acids is 2. The molecule has 0 fully saturated rings. The summed E-state index contributed by atoms with van der Waals surface area (Å²) in [4.78, 5) is 23.2. The first-order chi connectivity index (χ1) is 12.5. The Morgan fingerprint density at radius 3 is 2.50 bits per heavy atom. The lowest BCUT2D eigenvalue weighted by atomic mass is 10.2. The molecule has 0 aliphatic heterocycles. The van der Waals surface area contributed by atoms with Gasteiger partial charge >= 0.3 is 0 Å². The molecule has 0 spiro atoms. The maximum absolute atomic E-state index is 12.1. The third-order valence-electron chi connectivity index (χ3n) is 3.32. The molecule has 6 heteroatoms. The molecule has 136 valence electrons. The molecular formula is C20H21ClN2O3. The molecule has 5 nitrogen and oxygen atoms in total. The highest BCUT2D eigenvalue weighted by Gasteiger charge is 2.06. The molecule has 0 aliphatic carbocycles. The van der Waals surface area contributed by atoms with Gasteiger partial charge in [0.25, 0.3) is 0 Å². The molecule has 0 aliphatic rings. The summed E-state index contributed by atoms with van der Waals surface area (Å²) in [6, 6.07) is 12.4. The fraction of sp³-hybridized carbons (Fsp3) is 0.200. The Labute approximate surface area is 158 Å². The number of rotatable bonds is 7. The minimum Gasteiger partial charge on any atom is -0.494 e. The van der Waals surface area contributed by atoms with Crippen LogP contribution in [0.2, 0.25) is 5.02 Å². The van der Waals surface area contributed by atoms with Gasteiger partial charge in [0.15, 0.2) is 0 Å². The molecule has 2 aromatic rings. The number of hydrogen-bond donors (Lipinski definition) is 2. The predicted octanol–water partition coefficient (Wildman–Crippen LogP) is 4.74. The molecule has 0 bridgehead atoms. The van der Waals surface area contributed by atoms with Gasteiger partial charge in [0.05, 0.1) is 17.3 Å². The maximum atomic E-state index is 12.1. The van der Waals surface area contributed by atoms with Crippen LogP contribution in [0, 0.1) is 0 Å². The largest absolute Gasteiger partial charge is 0.494 e. The second-order valence-corrected chi connectivity index (χ2v) is 6.02. The number of carbonyl (C=O) groups is 2. The van der Waals surface area contributed by atoms with Crippen LogP contribution in [0.5, 0.6) is 5.75 Å². The number of hydrogen-bond acceptors (Lipinski definition) is 3. The van der Waals surface area contributed by atoms with Gasteiger partial charge in [0, 0.05) is 18.7 Å². The minimum absolute atomic E-state index is 0.198. The van der Waals surface area contributed by atoms with E-state index < -0.39 is 0 Å². The fourth-order valence-corrected chi connectivity index (χ4v) is 2.31. The molecule has 0 atom stereocenters. The van der Waals surface area contributed by atoms with Gasteiger partial charge in [-0.2, -0.15) is 0 Å². The van der Waals surface area contributed by atoms with Crippen molar-refractivity contribution in [2.45, 2.75) is 20.3 Å². The van der Waals surface area contributed by atoms with Crippen molar-refractivity contribution in [2.75, 3.05) is 17.2 Å². The first-order valence-electron chi connectivity index (χ1n) is 8.27. The molecule has 0 saturated carbocycles. The fourth-order valence-electron chi connectivity index (χ4n) is 2.14. The van der Waals surface area contributed by atoms with E-state index in [1.165, 1.54) is 13.0 Å². The van der Waals surface area contributed by atoms with Gasteiger partial charge in [0.2, 0.25) is 11.8 Å². The number of halogens is 1. The summed E-state index contributed by atoms with van der Waals surface area (Å²) in [6.07, 6.45) is 4.07. The predicted molar refractivity (Wildman–Crippen MR) is 106 cm³/mol. The van der Waals surface area contributed by atoms with Crippen molar-refractivity contribution in [1.82, 2.24) is 0 Å². The van der Waals surface area contributed by atoms with Crippen LogP contribution in [0.3, 0.4) is 0 Å². The molecule has 0 heterocycles. The zero-order chi connectivity index (χ0) is 18.9. The Morgan fingerprint density at radius 1 is 1.12 bits per heavy atom. The van der Waals surface area contributed by atoms with E-state index in [1.807, 2.05) is 31.2 Å². The first-order valence-corrected chi connectivity index (χ1v) is 8.65. The molecule has 0 saturated heterocycles. The average Bonchev–Trinajstić information content (AvgIpc) is 2.61. The molecule has 0 radical (unpaired) electrons. The lowest BCUT2D eigenvalue weighted by Gasteiger charge is -2.08. The average molecular weight is 373 g/mol. The van der Waals surface area contributed by atoms with Crippen molar-refractivity contribution < 1.29 is 14.3 Å². The van der Waals surface area contributed by atoms with Crippen molar-refractivity contribution in [3.8, 4) is 5.75 Å². The SMILES string of the molecule is CCCOc1ccc(/C=C/C(=O)Nc2cc(NC(C)=O)ccc2Cl)cc1. The maximum Gasteiger partial charge on any atom is 0.248 e.